The van der Waals surface area contributed by atoms with E-state index in [4.69, 9.17) is 0 Å². The van der Waals surface area contributed by atoms with Gasteiger partial charge in [-0.15, -0.1) is 11.3 Å². The highest BCUT2D eigenvalue weighted by molar-refractivity contribution is 7.12. The van der Waals surface area contributed by atoms with E-state index in [9.17, 15) is 14.9 Å². The molecule has 0 amide bonds. The van der Waals surface area contributed by atoms with Gasteiger partial charge in [0.05, 0.1) is 26.6 Å². The van der Waals surface area contributed by atoms with Gasteiger partial charge in [0, 0.05) is 6.07 Å². The summed E-state index contributed by atoms with van der Waals surface area (Å²) in [6, 6.07) is 6.28. The van der Waals surface area contributed by atoms with E-state index in [0.717, 1.165) is 0 Å². The average Bonchev–Trinajstić information content (AvgIpc) is 2.82. The fraction of sp³-hybridized carbons (Fsp3) is 0.0769. The van der Waals surface area contributed by atoms with Crippen molar-refractivity contribution >= 4 is 28.9 Å². The Morgan fingerprint density at radius 3 is 2.79 bits per heavy atom. The number of thiazole rings is 1. The van der Waals surface area contributed by atoms with E-state index in [1.165, 1.54) is 29.6 Å². The van der Waals surface area contributed by atoms with Crippen molar-refractivity contribution in [2.24, 2.45) is 0 Å². The van der Waals surface area contributed by atoms with Crippen LogP contribution in [0.15, 0.2) is 35.9 Å². The normalized spacial score (nSPS) is 10.8. The van der Waals surface area contributed by atoms with Gasteiger partial charge in [-0.2, -0.15) is 0 Å². The maximum absolute atomic E-state index is 11.9. The van der Waals surface area contributed by atoms with Crippen LogP contribution >= 0.6 is 11.3 Å². The van der Waals surface area contributed by atoms with Gasteiger partial charge in [0.15, 0.2) is 5.78 Å². The Morgan fingerprint density at radius 1 is 1.42 bits per heavy atom. The van der Waals surface area contributed by atoms with Gasteiger partial charge in [0.1, 0.15) is 0 Å². The molecule has 0 N–H and O–H groups in total. The first-order chi connectivity index (χ1) is 9.09. The molecule has 2 aromatic rings. The van der Waals surface area contributed by atoms with Gasteiger partial charge in [0.2, 0.25) is 0 Å². The van der Waals surface area contributed by atoms with Crippen molar-refractivity contribution in [1.82, 2.24) is 4.98 Å². The van der Waals surface area contributed by atoms with Gasteiger partial charge in [-0.1, -0.05) is 12.1 Å². The van der Waals surface area contributed by atoms with E-state index in [-0.39, 0.29) is 11.5 Å². The van der Waals surface area contributed by atoms with Crippen LogP contribution in [0.1, 0.15) is 20.9 Å². The second-order valence-corrected chi connectivity index (χ2v) is 4.64. The third kappa shape index (κ3) is 2.92. The molecule has 0 bridgehead atoms. The summed E-state index contributed by atoms with van der Waals surface area (Å²) in [6.45, 7) is 1.75. The Labute approximate surface area is 113 Å². The molecule has 2 rings (SSSR count). The molecule has 0 saturated heterocycles. The minimum atomic E-state index is -0.470. The molecule has 0 radical (unpaired) electrons. The monoisotopic (exact) mass is 274 g/mol. The lowest BCUT2D eigenvalue weighted by Crippen LogP contribution is -1.94. The summed E-state index contributed by atoms with van der Waals surface area (Å²) in [5, 5.41) is 10.8. The van der Waals surface area contributed by atoms with Gasteiger partial charge >= 0.3 is 0 Å². The molecule has 0 aliphatic heterocycles. The van der Waals surface area contributed by atoms with Crippen LogP contribution in [0, 0.1) is 17.0 Å². The predicted octanol–water partition coefficient (Wildman–Crippen LogP) is 3.26. The largest absolute Gasteiger partial charge is 0.288 e. The van der Waals surface area contributed by atoms with Gasteiger partial charge in [0.25, 0.3) is 5.69 Å². The van der Waals surface area contributed by atoms with E-state index in [1.54, 1.807) is 30.6 Å². The SMILES string of the molecule is Cc1ncsc1C(=O)/C=C/c1ccccc1[N+](=O)[O-]. The lowest BCUT2D eigenvalue weighted by atomic mass is 10.1. The highest BCUT2D eigenvalue weighted by Crippen LogP contribution is 2.20. The Bertz CT molecular complexity index is 661. The Morgan fingerprint density at radius 2 is 2.16 bits per heavy atom. The smallest absolute Gasteiger partial charge is 0.276 e. The number of allylic oxidation sites excluding steroid dienone is 1. The van der Waals surface area contributed by atoms with Gasteiger partial charge in [-0.05, 0) is 25.1 Å². The number of nitro benzene ring substituents is 1. The van der Waals surface area contributed by atoms with Crippen molar-refractivity contribution in [3.05, 3.63) is 62.1 Å². The summed E-state index contributed by atoms with van der Waals surface area (Å²) >= 11 is 1.26. The van der Waals surface area contributed by atoms with Gasteiger partial charge in [-0.25, -0.2) is 4.98 Å². The molecule has 96 valence electrons. The molecule has 1 aromatic carbocycles. The fourth-order valence-electron chi connectivity index (χ4n) is 1.57. The van der Waals surface area contributed by atoms with Crippen molar-refractivity contribution in [3.63, 3.8) is 0 Å². The quantitative estimate of drug-likeness (QED) is 0.371. The number of carbonyl (C=O) groups excluding carboxylic acids is 1. The summed E-state index contributed by atoms with van der Waals surface area (Å²) < 4.78 is 0. The van der Waals surface area contributed by atoms with E-state index in [2.05, 4.69) is 4.98 Å². The summed E-state index contributed by atoms with van der Waals surface area (Å²) in [5.74, 6) is -0.196. The number of ketones is 1. The first-order valence-electron chi connectivity index (χ1n) is 5.45. The number of para-hydroxylation sites is 1. The highest BCUT2D eigenvalue weighted by atomic mass is 32.1. The number of rotatable bonds is 4. The molecule has 0 atom stereocenters. The third-order valence-corrected chi connectivity index (χ3v) is 3.46. The number of hydrogen-bond donors (Lipinski definition) is 0. The minimum Gasteiger partial charge on any atom is -0.288 e. The molecule has 0 aliphatic carbocycles. The zero-order chi connectivity index (χ0) is 13.8. The van der Waals surface area contributed by atoms with E-state index in [1.807, 2.05) is 0 Å². The maximum Gasteiger partial charge on any atom is 0.276 e. The second kappa shape index (κ2) is 5.53. The van der Waals surface area contributed by atoms with Crippen molar-refractivity contribution in [3.8, 4) is 0 Å². The average molecular weight is 274 g/mol. The van der Waals surface area contributed by atoms with Crippen molar-refractivity contribution in [2.45, 2.75) is 6.92 Å². The van der Waals surface area contributed by atoms with Crippen LogP contribution in [0.4, 0.5) is 5.69 Å². The Kier molecular flexibility index (Phi) is 3.82. The van der Waals surface area contributed by atoms with Crippen molar-refractivity contribution < 1.29 is 9.72 Å². The molecule has 19 heavy (non-hydrogen) atoms. The van der Waals surface area contributed by atoms with Gasteiger partial charge < -0.3 is 0 Å². The van der Waals surface area contributed by atoms with Crippen molar-refractivity contribution in [2.75, 3.05) is 0 Å². The minimum absolute atomic E-state index is 0.0208. The fourth-order valence-corrected chi connectivity index (χ4v) is 2.30. The molecule has 5 nitrogen and oxygen atoms in total. The predicted molar refractivity (Wildman–Crippen MR) is 73.3 cm³/mol. The lowest BCUT2D eigenvalue weighted by molar-refractivity contribution is -0.385. The van der Waals surface area contributed by atoms with Crippen LogP contribution < -0.4 is 0 Å². The highest BCUT2D eigenvalue weighted by Gasteiger charge is 2.11. The number of carbonyl (C=O) groups is 1. The number of aryl methyl sites for hydroxylation is 1. The Hall–Kier alpha value is -2.34. The first kappa shape index (κ1) is 13.1. The zero-order valence-electron chi connectivity index (χ0n) is 10.1. The maximum atomic E-state index is 11.9. The van der Waals surface area contributed by atoms with E-state index >= 15 is 0 Å². The molecule has 0 fully saturated rings. The number of aromatic nitrogens is 1. The molecule has 6 heteroatoms. The molecule has 1 heterocycles. The molecular formula is C13H10N2O3S. The van der Waals surface area contributed by atoms with Gasteiger partial charge in [-0.3, -0.25) is 14.9 Å². The summed E-state index contributed by atoms with van der Waals surface area (Å²) in [7, 11) is 0. The first-order valence-corrected chi connectivity index (χ1v) is 6.33. The van der Waals surface area contributed by atoms with E-state index in [0.29, 0.717) is 16.1 Å². The molecule has 1 aromatic heterocycles. The standard InChI is InChI=1S/C13H10N2O3S/c1-9-13(19-8-14-9)12(16)7-6-10-4-2-3-5-11(10)15(17)18/h2-8H,1H3/b7-6+. The third-order valence-electron chi connectivity index (χ3n) is 2.52. The number of nitrogens with zero attached hydrogens (tertiary/aromatic N) is 2. The molecular weight excluding hydrogens is 264 g/mol. The van der Waals surface area contributed by atoms with Crippen LogP contribution in [0.3, 0.4) is 0 Å². The molecule has 0 saturated carbocycles. The number of hydrogen-bond acceptors (Lipinski definition) is 5. The molecule has 0 aliphatic rings. The van der Waals surface area contributed by atoms with Crippen LogP contribution in [0.5, 0.6) is 0 Å². The summed E-state index contributed by atoms with van der Waals surface area (Å²) in [5.41, 5.74) is 2.65. The Balaban J connectivity index is 2.27. The lowest BCUT2D eigenvalue weighted by Gasteiger charge is -1.96. The molecule has 0 unspecified atom stereocenters. The summed E-state index contributed by atoms with van der Waals surface area (Å²) in [6.07, 6.45) is 2.79. The van der Waals surface area contributed by atoms with Crippen molar-refractivity contribution in [1.29, 1.82) is 0 Å². The van der Waals surface area contributed by atoms with Crippen LogP contribution in [0.25, 0.3) is 6.08 Å². The number of benzene rings is 1. The van der Waals surface area contributed by atoms with Crippen LogP contribution in [0.2, 0.25) is 0 Å². The second-order valence-electron chi connectivity index (χ2n) is 3.78. The summed E-state index contributed by atoms with van der Waals surface area (Å²) in [4.78, 5) is 26.8. The zero-order valence-corrected chi connectivity index (χ0v) is 10.9. The topological polar surface area (TPSA) is 73.1 Å². The van der Waals surface area contributed by atoms with Crippen LogP contribution in [-0.4, -0.2) is 15.7 Å². The molecule has 0 spiro atoms. The van der Waals surface area contributed by atoms with E-state index < -0.39 is 4.92 Å². The number of nitro groups is 1. The van der Waals surface area contributed by atoms with Crippen LogP contribution in [-0.2, 0) is 0 Å².